The van der Waals surface area contributed by atoms with Crippen LogP contribution in [0.25, 0.3) is 16.4 Å². The van der Waals surface area contributed by atoms with Gasteiger partial charge in [0.1, 0.15) is 0 Å². The van der Waals surface area contributed by atoms with Crippen molar-refractivity contribution in [1.82, 2.24) is 4.40 Å². The van der Waals surface area contributed by atoms with E-state index in [0.29, 0.717) is 27.1 Å². The molecule has 4 rings (SSSR count). The Balaban J connectivity index is 2.08. The van der Waals surface area contributed by atoms with Crippen LogP contribution in [-0.2, 0) is 4.74 Å². The fourth-order valence-corrected chi connectivity index (χ4v) is 5.79. The number of ether oxygens (including phenoxy) is 1. The van der Waals surface area contributed by atoms with Crippen LogP contribution in [-0.4, -0.2) is 28.5 Å². The van der Waals surface area contributed by atoms with Crippen molar-refractivity contribution >= 4 is 51.3 Å². The average molecular weight is 436 g/mol. The monoisotopic (exact) mass is 435 g/mol. The van der Waals surface area contributed by atoms with Gasteiger partial charge >= 0.3 is 5.97 Å². The first-order valence-electron chi connectivity index (χ1n) is 9.64. The van der Waals surface area contributed by atoms with Crippen LogP contribution in [0.2, 0.25) is 0 Å². The number of thiophene rings is 1. The molecule has 0 N–H and O–H groups in total. The van der Waals surface area contributed by atoms with Crippen molar-refractivity contribution in [1.29, 1.82) is 0 Å². The minimum absolute atomic E-state index is 0.0887. The largest absolute Gasteiger partial charge is 0.462 e. The number of rotatable bonds is 7. The van der Waals surface area contributed by atoms with Crippen molar-refractivity contribution in [2.75, 3.05) is 12.4 Å². The Labute approximate surface area is 183 Å². The number of nitrogens with zero attached hydrogens (tertiary/aromatic N) is 1. The lowest BCUT2D eigenvalue weighted by Gasteiger charge is -2.04. The van der Waals surface area contributed by atoms with Crippen LogP contribution < -0.4 is 0 Å². The maximum Gasteiger partial charge on any atom is 0.341 e. The molecule has 1 aromatic carbocycles. The molecule has 3 aromatic heterocycles. The Morgan fingerprint density at radius 3 is 2.70 bits per heavy atom. The molecule has 6 heteroatoms. The van der Waals surface area contributed by atoms with Gasteiger partial charge in [0.25, 0.3) is 0 Å². The van der Waals surface area contributed by atoms with Crippen LogP contribution in [0.3, 0.4) is 0 Å². The van der Waals surface area contributed by atoms with E-state index in [9.17, 15) is 9.59 Å². The number of hydrogen-bond acceptors (Lipinski definition) is 5. The van der Waals surface area contributed by atoms with Gasteiger partial charge < -0.3 is 9.14 Å². The molecule has 0 aliphatic heterocycles. The van der Waals surface area contributed by atoms with E-state index in [0.717, 1.165) is 20.8 Å². The van der Waals surface area contributed by atoms with Crippen LogP contribution in [0.5, 0.6) is 0 Å². The summed E-state index contributed by atoms with van der Waals surface area (Å²) in [4.78, 5) is 27.0. The molecule has 0 fully saturated rings. The van der Waals surface area contributed by atoms with Crippen LogP contribution in [0.4, 0.5) is 0 Å². The molecule has 30 heavy (non-hydrogen) atoms. The summed E-state index contributed by atoms with van der Waals surface area (Å²) in [5.74, 6) is 0.215. The van der Waals surface area contributed by atoms with Gasteiger partial charge in [-0.15, -0.1) is 29.7 Å². The molecule has 0 amide bonds. The van der Waals surface area contributed by atoms with Gasteiger partial charge in [-0.3, -0.25) is 4.79 Å². The van der Waals surface area contributed by atoms with Crippen LogP contribution in [0.15, 0.2) is 65.5 Å². The normalized spacial score (nSPS) is 11.1. The zero-order valence-corrected chi connectivity index (χ0v) is 18.4. The Kier molecular flexibility index (Phi) is 5.79. The highest BCUT2D eigenvalue weighted by molar-refractivity contribution is 8.01. The van der Waals surface area contributed by atoms with E-state index < -0.39 is 5.97 Å². The molecule has 152 valence electrons. The molecule has 0 bridgehead atoms. The van der Waals surface area contributed by atoms with Crippen molar-refractivity contribution in [3.63, 3.8) is 0 Å². The van der Waals surface area contributed by atoms with E-state index in [4.69, 9.17) is 4.74 Å². The zero-order valence-electron chi connectivity index (χ0n) is 16.8. The first kappa shape index (κ1) is 20.4. The number of aryl methyl sites for hydroxylation is 1. The van der Waals surface area contributed by atoms with Gasteiger partial charge in [0.05, 0.1) is 32.3 Å². The lowest BCUT2D eigenvalue weighted by Crippen LogP contribution is -2.06. The van der Waals surface area contributed by atoms with E-state index in [2.05, 4.69) is 6.58 Å². The van der Waals surface area contributed by atoms with Gasteiger partial charge in [-0.1, -0.05) is 36.4 Å². The number of hydrogen-bond donors (Lipinski definition) is 0. The lowest BCUT2D eigenvalue weighted by molar-refractivity contribution is 0.0531. The molecule has 0 radical (unpaired) electrons. The summed E-state index contributed by atoms with van der Waals surface area (Å²) >= 11 is 3.04. The molecule has 0 saturated heterocycles. The predicted octanol–water partition coefficient (Wildman–Crippen LogP) is 6.15. The van der Waals surface area contributed by atoms with Crippen molar-refractivity contribution < 1.29 is 14.3 Å². The highest BCUT2D eigenvalue weighted by atomic mass is 32.2. The van der Waals surface area contributed by atoms with Crippen molar-refractivity contribution in [2.24, 2.45) is 0 Å². The SMILES string of the molecule is C=CCSc1sc(C(=O)c2ccccc2)c2c(C(=O)OCC)c3cc(C)ccn3c12. The summed E-state index contributed by atoms with van der Waals surface area (Å²) in [5, 5.41) is 0.671. The minimum Gasteiger partial charge on any atom is -0.462 e. The standard InChI is InChI=1S/C24H21NO3S2/c1-4-13-29-24-20-19(22(30-24)21(26)16-9-7-6-8-10-16)18(23(27)28-5-2)17-14-15(3)11-12-25(17)20/h4,6-12,14H,1,5,13H2,2-3H3. The first-order chi connectivity index (χ1) is 14.6. The van der Waals surface area contributed by atoms with Crippen LogP contribution >= 0.6 is 23.1 Å². The third kappa shape index (κ3) is 3.46. The molecular formula is C24H21NO3S2. The molecule has 0 spiro atoms. The number of ketones is 1. The van der Waals surface area contributed by atoms with Gasteiger partial charge in [-0.25, -0.2) is 4.79 Å². The predicted molar refractivity (Wildman–Crippen MR) is 124 cm³/mol. The Hall–Kier alpha value is -2.83. The van der Waals surface area contributed by atoms with Gasteiger partial charge in [-0.2, -0.15) is 0 Å². The maximum absolute atomic E-state index is 13.4. The Morgan fingerprint density at radius 2 is 2.00 bits per heavy atom. The summed E-state index contributed by atoms with van der Waals surface area (Å²) < 4.78 is 8.37. The van der Waals surface area contributed by atoms with Gasteiger partial charge in [0, 0.05) is 22.9 Å². The Bertz CT molecular complexity index is 1270. The minimum atomic E-state index is -0.407. The third-order valence-corrected chi connectivity index (χ3v) is 7.20. The molecule has 0 saturated carbocycles. The average Bonchev–Trinajstić information content (AvgIpc) is 3.27. The van der Waals surface area contributed by atoms with Crippen LogP contribution in [0, 0.1) is 6.92 Å². The summed E-state index contributed by atoms with van der Waals surface area (Å²) in [7, 11) is 0. The maximum atomic E-state index is 13.4. The third-order valence-electron chi connectivity index (χ3n) is 4.76. The molecule has 4 aromatic rings. The number of carbonyl (C=O) groups excluding carboxylic acids is 2. The molecule has 0 atom stereocenters. The summed E-state index contributed by atoms with van der Waals surface area (Å²) in [5.41, 5.74) is 3.73. The van der Waals surface area contributed by atoms with Crippen molar-refractivity contribution in [3.05, 3.63) is 82.9 Å². The van der Waals surface area contributed by atoms with Gasteiger partial charge in [-0.05, 0) is 31.5 Å². The summed E-state index contributed by atoms with van der Waals surface area (Å²) in [6.07, 6.45) is 3.79. The topological polar surface area (TPSA) is 47.8 Å². The second kappa shape index (κ2) is 8.50. The molecule has 4 nitrogen and oxygen atoms in total. The second-order valence-electron chi connectivity index (χ2n) is 6.79. The molecule has 0 aliphatic carbocycles. The van der Waals surface area contributed by atoms with E-state index in [1.165, 1.54) is 11.3 Å². The van der Waals surface area contributed by atoms with E-state index >= 15 is 0 Å². The number of thioether (sulfide) groups is 1. The lowest BCUT2D eigenvalue weighted by atomic mass is 10.1. The zero-order chi connectivity index (χ0) is 21.3. The summed E-state index contributed by atoms with van der Waals surface area (Å²) in [6, 6.07) is 13.1. The fourth-order valence-electron chi connectivity index (χ4n) is 3.50. The Morgan fingerprint density at radius 1 is 1.23 bits per heavy atom. The van der Waals surface area contributed by atoms with Gasteiger partial charge in [0.15, 0.2) is 0 Å². The van der Waals surface area contributed by atoms with E-state index in [-0.39, 0.29) is 12.4 Å². The number of benzene rings is 1. The van der Waals surface area contributed by atoms with Crippen molar-refractivity contribution in [2.45, 2.75) is 18.1 Å². The molecule has 3 heterocycles. The highest BCUT2D eigenvalue weighted by Crippen LogP contribution is 2.44. The number of aromatic nitrogens is 1. The molecule has 0 aliphatic rings. The van der Waals surface area contributed by atoms with Gasteiger partial charge in [0.2, 0.25) is 5.78 Å². The summed E-state index contributed by atoms with van der Waals surface area (Å²) in [6.45, 7) is 7.85. The van der Waals surface area contributed by atoms with E-state index in [1.807, 2.05) is 53.9 Å². The van der Waals surface area contributed by atoms with Crippen LogP contribution in [0.1, 0.15) is 38.1 Å². The first-order valence-corrected chi connectivity index (χ1v) is 11.4. The second-order valence-corrected chi connectivity index (χ2v) is 9.10. The number of pyridine rings is 1. The fraction of sp³-hybridized carbons (Fsp3) is 0.167. The number of carbonyl (C=O) groups is 2. The molecule has 0 unspecified atom stereocenters. The number of esters is 1. The quantitative estimate of drug-likeness (QED) is 0.151. The smallest absolute Gasteiger partial charge is 0.341 e. The highest BCUT2D eigenvalue weighted by Gasteiger charge is 2.29. The van der Waals surface area contributed by atoms with Crippen molar-refractivity contribution in [3.8, 4) is 0 Å². The van der Waals surface area contributed by atoms with E-state index in [1.54, 1.807) is 30.8 Å². The molecular weight excluding hydrogens is 414 g/mol. The number of fused-ring (bicyclic) bond motifs is 3.